The fourth-order valence-electron chi connectivity index (χ4n) is 5.26. The molecule has 2 aliphatic carbocycles. The second kappa shape index (κ2) is 7.31. The van der Waals surface area contributed by atoms with Crippen molar-refractivity contribution in [3.05, 3.63) is 59.9 Å². The van der Waals surface area contributed by atoms with Crippen LogP contribution in [0, 0.1) is 23.7 Å². The maximum absolute atomic E-state index is 12.8. The van der Waals surface area contributed by atoms with Gasteiger partial charge in [0.25, 0.3) is 0 Å². The van der Waals surface area contributed by atoms with Gasteiger partial charge in [-0.15, -0.1) is 0 Å². The largest absolute Gasteiger partial charge is 0.458 e. The van der Waals surface area contributed by atoms with Crippen molar-refractivity contribution < 1.29 is 14.6 Å². The number of carbonyl (C=O) groups is 1. The van der Waals surface area contributed by atoms with Crippen molar-refractivity contribution in [3.63, 3.8) is 0 Å². The molecule has 2 aromatic heterocycles. The van der Waals surface area contributed by atoms with Crippen molar-refractivity contribution >= 4 is 5.97 Å². The van der Waals surface area contributed by atoms with E-state index >= 15 is 0 Å². The minimum absolute atomic E-state index is 0.0285. The molecule has 4 unspecified atom stereocenters. The first-order valence-electron chi connectivity index (χ1n) is 10.6. The first-order chi connectivity index (χ1) is 14.1. The van der Waals surface area contributed by atoms with Gasteiger partial charge in [-0.1, -0.05) is 27.4 Å². The summed E-state index contributed by atoms with van der Waals surface area (Å²) in [6, 6.07) is 7.27. The van der Waals surface area contributed by atoms with Crippen LogP contribution in [0.2, 0.25) is 0 Å². The zero-order chi connectivity index (χ0) is 21.7. The molecule has 4 atom stereocenters. The van der Waals surface area contributed by atoms with Gasteiger partial charge in [-0.05, 0) is 72.9 Å². The smallest absolute Gasteiger partial charge is 0.336 e. The molecule has 2 aliphatic rings. The van der Waals surface area contributed by atoms with Gasteiger partial charge in [0.1, 0.15) is 12.2 Å². The molecule has 0 aromatic carbocycles. The SMILES string of the molecule is C=C(C(=O)OC1CC2CCC1(C)C2(C)C)C(O)c1ccnc(-c2cc(C)ccn2)c1. The van der Waals surface area contributed by atoms with Crippen molar-refractivity contribution in [2.45, 2.75) is 59.2 Å². The number of aryl methyl sites for hydroxylation is 1. The Morgan fingerprint density at radius 3 is 2.47 bits per heavy atom. The van der Waals surface area contributed by atoms with E-state index in [-0.39, 0.29) is 22.5 Å². The molecule has 2 saturated carbocycles. The maximum atomic E-state index is 12.8. The normalized spacial score (nSPS) is 27.6. The first kappa shape index (κ1) is 20.7. The summed E-state index contributed by atoms with van der Waals surface area (Å²) < 4.78 is 5.89. The third kappa shape index (κ3) is 3.25. The molecular weight excluding hydrogens is 376 g/mol. The van der Waals surface area contributed by atoms with E-state index in [0.717, 1.165) is 24.1 Å². The molecule has 0 spiro atoms. The Morgan fingerprint density at radius 2 is 1.87 bits per heavy atom. The highest BCUT2D eigenvalue weighted by molar-refractivity contribution is 5.89. The molecule has 2 heterocycles. The number of ether oxygens (including phenoxy) is 1. The number of fused-ring (bicyclic) bond motifs is 2. The van der Waals surface area contributed by atoms with E-state index in [4.69, 9.17) is 4.74 Å². The lowest BCUT2D eigenvalue weighted by molar-refractivity contribution is -0.153. The first-order valence-corrected chi connectivity index (χ1v) is 10.6. The Morgan fingerprint density at radius 1 is 1.20 bits per heavy atom. The third-order valence-corrected chi connectivity index (χ3v) is 7.83. The second-order valence-corrected chi connectivity index (χ2v) is 9.63. The van der Waals surface area contributed by atoms with Crippen molar-refractivity contribution in [1.82, 2.24) is 9.97 Å². The van der Waals surface area contributed by atoms with Crippen LogP contribution in [0.15, 0.2) is 48.8 Å². The number of rotatable bonds is 5. The van der Waals surface area contributed by atoms with Gasteiger partial charge in [0.15, 0.2) is 0 Å². The Kier molecular flexibility index (Phi) is 5.05. The predicted octanol–water partition coefficient (Wildman–Crippen LogP) is 4.80. The topological polar surface area (TPSA) is 72.3 Å². The molecule has 158 valence electrons. The van der Waals surface area contributed by atoms with Crippen molar-refractivity contribution in [1.29, 1.82) is 0 Å². The van der Waals surface area contributed by atoms with Gasteiger partial charge in [0.2, 0.25) is 0 Å². The molecule has 0 saturated heterocycles. The highest BCUT2D eigenvalue weighted by Crippen LogP contribution is 2.66. The van der Waals surface area contributed by atoms with E-state index in [1.54, 1.807) is 24.5 Å². The molecule has 5 nitrogen and oxygen atoms in total. The van der Waals surface area contributed by atoms with Crippen LogP contribution in [0.5, 0.6) is 0 Å². The van der Waals surface area contributed by atoms with E-state index in [1.807, 2.05) is 19.1 Å². The summed E-state index contributed by atoms with van der Waals surface area (Å²) in [6.45, 7) is 12.6. The summed E-state index contributed by atoms with van der Waals surface area (Å²) >= 11 is 0. The van der Waals surface area contributed by atoms with Gasteiger partial charge in [0.05, 0.1) is 17.0 Å². The average molecular weight is 407 g/mol. The lowest BCUT2D eigenvalue weighted by Gasteiger charge is -2.38. The third-order valence-electron chi connectivity index (χ3n) is 7.83. The Hall–Kier alpha value is -2.53. The summed E-state index contributed by atoms with van der Waals surface area (Å²) in [4.78, 5) is 21.5. The molecule has 4 rings (SSSR count). The fraction of sp³-hybridized carbons (Fsp3) is 0.480. The lowest BCUT2D eigenvalue weighted by Crippen LogP contribution is -2.38. The number of hydrogen-bond donors (Lipinski definition) is 1. The maximum Gasteiger partial charge on any atom is 0.336 e. The molecule has 5 heteroatoms. The molecule has 0 amide bonds. The summed E-state index contributed by atoms with van der Waals surface area (Å²) in [7, 11) is 0. The zero-order valence-electron chi connectivity index (χ0n) is 18.2. The van der Waals surface area contributed by atoms with Gasteiger partial charge in [-0.2, -0.15) is 0 Å². The number of aliphatic hydroxyl groups excluding tert-OH is 1. The van der Waals surface area contributed by atoms with Crippen LogP contribution >= 0.6 is 0 Å². The van der Waals surface area contributed by atoms with E-state index in [9.17, 15) is 9.90 Å². The molecule has 0 aliphatic heterocycles. The van der Waals surface area contributed by atoms with Crippen LogP contribution in [0.4, 0.5) is 0 Å². The molecule has 2 aromatic rings. The minimum atomic E-state index is -1.15. The van der Waals surface area contributed by atoms with Crippen LogP contribution in [0.1, 0.15) is 57.3 Å². The van der Waals surface area contributed by atoms with Crippen molar-refractivity contribution in [2.75, 3.05) is 0 Å². The molecule has 2 bridgehead atoms. The predicted molar refractivity (Wildman–Crippen MR) is 115 cm³/mol. The summed E-state index contributed by atoms with van der Waals surface area (Å²) in [5, 5.41) is 10.8. The molecule has 0 radical (unpaired) electrons. The number of aromatic nitrogens is 2. The van der Waals surface area contributed by atoms with Crippen LogP contribution in [0.3, 0.4) is 0 Å². The number of carbonyl (C=O) groups excluding carboxylic acids is 1. The highest BCUT2D eigenvalue weighted by atomic mass is 16.5. The summed E-state index contributed by atoms with van der Waals surface area (Å²) in [5.41, 5.74) is 3.15. The van der Waals surface area contributed by atoms with Crippen molar-refractivity contribution in [3.8, 4) is 11.4 Å². The Bertz CT molecular complexity index is 999. The average Bonchev–Trinajstić information content (AvgIpc) is 3.06. The van der Waals surface area contributed by atoms with Gasteiger partial charge in [-0.25, -0.2) is 4.79 Å². The van der Waals surface area contributed by atoms with Crippen LogP contribution in [-0.2, 0) is 9.53 Å². The van der Waals surface area contributed by atoms with Gasteiger partial charge >= 0.3 is 5.97 Å². The number of esters is 1. The molecule has 2 fully saturated rings. The number of nitrogens with zero attached hydrogens (tertiary/aromatic N) is 2. The Balaban J connectivity index is 1.49. The number of hydrogen-bond acceptors (Lipinski definition) is 5. The van der Waals surface area contributed by atoms with Crippen LogP contribution in [0.25, 0.3) is 11.4 Å². The number of aliphatic hydroxyl groups is 1. The van der Waals surface area contributed by atoms with E-state index in [2.05, 4.69) is 37.3 Å². The van der Waals surface area contributed by atoms with Crippen LogP contribution < -0.4 is 0 Å². The van der Waals surface area contributed by atoms with Crippen molar-refractivity contribution in [2.24, 2.45) is 16.7 Å². The minimum Gasteiger partial charge on any atom is -0.458 e. The quantitative estimate of drug-likeness (QED) is 0.570. The second-order valence-electron chi connectivity index (χ2n) is 9.63. The molecular formula is C25H30N2O3. The van der Waals surface area contributed by atoms with E-state index < -0.39 is 12.1 Å². The zero-order valence-corrected chi connectivity index (χ0v) is 18.2. The molecule has 30 heavy (non-hydrogen) atoms. The number of pyridine rings is 2. The van der Waals surface area contributed by atoms with E-state index in [0.29, 0.717) is 17.2 Å². The summed E-state index contributed by atoms with van der Waals surface area (Å²) in [5.74, 6) is 0.0483. The monoisotopic (exact) mass is 406 g/mol. The lowest BCUT2D eigenvalue weighted by atomic mass is 9.70. The standard InChI is InChI=1S/C25H30N2O3/c1-15-7-10-26-19(12-15)20-13-17(8-11-27-20)22(28)16(2)23(29)30-21-14-18-6-9-25(21,5)24(18,3)4/h7-8,10-13,18,21-22,28H,2,6,9,14H2,1,3-5H3. The van der Waals surface area contributed by atoms with Crippen LogP contribution in [-0.4, -0.2) is 27.1 Å². The highest BCUT2D eigenvalue weighted by Gasteiger charge is 2.62. The summed E-state index contributed by atoms with van der Waals surface area (Å²) in [6.07, 6.45) is 5.19. The van der Waals surface area contributed by atoms with Gasteiger partial charge in [-0.3, -0.25) is 9.97 Å². The molecule has 1 N–H and O–H groups in total. The van der Waals surface area contributed by atoms with E-state index in [1.165, 1.54) is 6.42 Å². The van der Waals surface area contributed by atoms with Gasteiger partial charge in [0, 0.05) is 17.8 Å². The Labute approximate surface area is 178 Å². The van der Waals surface area contributed by atoms with Gasteiger partial charge < -0.3 is 9.84 Å². The fourth-order valence-corrected chi connectivity index (χ4v) is 5.26.